The van der Waals surface area contributed by atoms with Crippen LogP contribution in [0.1, 0.15) is 29.2 Å². The fraction of sp³-hybridized carbons (Fsp3) is 0.583. The van der Waals surface area contributed by atoms with Gasteiger partial charge in [0.2, 0.25) is 5.91 Å². The van der Waals surface area contributed by atoms with Gasteiger partial charge in [0.25, 0.3) is 0 Å². The smallest absolute Gasteiger partial charge is 0.227 e. The van der Waals surface area contributed by atoms with Gasteiger partial charge in [-0.25, -0.2) is 0 Å². The van der Waals surface area contributed by atoms with Crippen molar-refractivity contribution in [2.75, 3.05) is 13.2 Å². The van der Waals surface area contributed by atoms with Crippen molar-refractivity contribution >= 4 is 17.2 Å². The highest BCUT2D eigenvalue weighted by atomic mass is 32.1. The number of nitrogens with one attached hydrogen (secondary N) is 1. The molecule has 1 aromatic rings. The minimum Gasteiger partial charge on any atom is -0.377 e. The van der Waals surface area contributed by atoms with E-state index in [9.17, 15) is 4.79 Å². The number of hydrogen-bond donors (Lipinski definition) is 1. The maximum absolute atomic E-state index is 12.1. The van der Waals surface area contributed by atoms with Crippen molar-refractivity contribution in [3.63, 3.8) is 0 Å². The highest BCUT2D eigenvalue weighted by molar-refractivity contribution is 7.10. The normalized spacial score (nSPS) is 24.6. The molecule has 1 N–H and O–H groups in total. The zero-order valence-corrected chi connectivity index (χ0v) is 9.89. The Labute approximate surface area is 98.8 Å². The van der Waals surface area contributed by atoms with E-state index in [4.69, 9.17) is 4.74 Å². The summed E-state index contributed by atoms with van der Waals surface area (Å²) < 4.78 is 5.06. The van der Waals surface area contributed by atoms with E-state index < -0.39 is 0 Å². The summed E-state index contributed by atoms with van der Waals surface area (Å²) in [4.78, 5) is 13.5. The maximum Gasteiger partial charge on any atom is 0.227 e. The van der Waals surface area contributed by atoms with Gasteiger partial charge in [0.05, 0.1) is 25.2 Å². The average Bonchev–Trinajstić information content (AvgIpc) is 2.70. The first kappa shape index (κ1) is 10.3. The molecule has 86 valence electrons. The van der Waals surface area contributed by atoms with Gasteiger partial charge in [0.15, 0.2) is 0 Å². The first-order chi connectivity index (χ1) is 7.84. The monoisotopic (exact) mass is 237 g/mol. The highest BCUT2D eigenvalue weighted by Gasteiger charge is 2.30. The van der Waals surface area contributed by atoms with E-state index in [0.717, 1.165) is 19.3 Å². The molecule has 2 heterocycles. The molecule has 1 amide bonds. The minimum absolute atomic E-state index is 0.0793. The summed E-state index contributed by atoms with van der Waals surface area (Å²) in [6, 6.07) is 2.36. The van der Waals surface area contributed by atoms with Gasteiger partial charge in [-0.2, -0.15) is 0 Å². The SMILES string of the molecule is O=C(NC1COC1)C1CCCc2sccc21. The number of rotatable bonds is 2. The van der Waals surface area contributed by atoms with Crippen LogP contribution in [0.4, 0.5) is 0 Å². The van der Waals surface area contributed by atoms with E-state index in [1.165, 1.54) is 10.4 Å². The predicted octanol–water partition coefficient (Wildman–Crippen LogP) is 1.68. The van der Waals surface area contributed by atoms with Crippen LogP contribution >= 0.6 is 11.3 Å². The number of hydrogen-bond acceptors (Lipinski definition) is 3. The Morgan fingerprint density at radius 1 is 1.50 bits per heavy atom. The van der Waals surface area contributed by atoms with Crippen molar-refractivity contribution in [2.45, 2.75) is 31.2 Å². The number of ether oxygens (including phenoxy) is 1. The largest absolute Gasteiger partial charge is 0.377 e. The molecule has 1 saturated heterocycles. The Morgan fingerprint density at radius 3 is 3.12 bits per heavy atom. The van der Waals surface area contributed by atoms with Crippen molar-refractivity contribution in [1.82, 2.24) is 5.32 Å². The molecule has 0 saturated carbocycles. The van der Waals surface area contributed by atoms with Gasteiger partial charge in [-0.1, -0.05) is 0 Å². The summed E-state index contributed by atoms with van der Waals surface area (Å²) in [5.74, 6) is 0.267. The number of thiophene rings is 1. The molecule has 1 fully saturated rings. The summed E-state index contributed by atoms with van der Waals surface area (Å²) >= 11 is 1.78. The van der Waals surface area contributed by atoms with Gasteiger partial charge in [0.1, 0.15) is 0 Å². The lowest BCUT2D eigenvalue weighted by molar-refractivity contribution is -0.127. The molecule has 0 bridgehead atoms. The van der Waals surface area contributed by atoms with Gasteiger partial charge in [-0.15, -0.1) is 11.3 Å². The Morgan fingerprint density at radius 2 is 2.38 bits per heavy atom. The third-order valence-electron chi connectivity index (χ3n) is 3.35. The van der Waals surface area contributed by atoms with Crippen molar-refractivity contribution in [3.05, 3.63) is 21.9 Å². The van der Waals surface area contributed by atoms with Crippen LogP contribution in [0, 0.1) is 0 Å². The zero-order chi connectivity index (χ0) is 11.0. The lowest BCUT2D eigenvalue weighted by Crippen LogP contribution is -2.50. The molecule has 0 aromatic carbocycles. The molecule has 16 heavy (non-hydrogen) atoms. The molecule has 1 aliphatic heterocycles. The van der Waals surface area contributed by atoms with Crippen LogP contribution in [0.3, 0.4) is 0 Å². The Hall–Kier alpha value is -0.870. The molecule has 3 rings (SSSR count). The Bertz CT molecular complexity index is 397. The third-order valence-corrected chi connectivity index (χ3v) is 4.35. The Balaban J connectivity index is 1.73. The molecule has 1 unspecified atom stereocenters. The zero-order valence-electron chi connectivity index (χ0n) is 9.07. The summed E-state index contributed by atoms with van der Waals surface area (Å²) in [5.41, 5.74) is 1.26. The Kier molecular flexibility index (Phi) is 2.69. The van der Waals surface area contributed by atoms with E-state index >= 15 is 0 Å². The summed E-state index contributed by atoms with van der Waals surface area (Å²) in [6.45, 7) is 1.35. The van der Waals surface area contributed by atoms with E-state index in [-0.39, 0.29) is 17.9 Å². The van der Waals surface area contributed by atoms with Crippen molar-refractivity contribution in [2.24, 2.45) is 0 Å². The predicted molar refractivity (Wildman–Crippen MR) is 62.7 cm³/mol. The van der Waals surface area contributed by atoms with Gasteiger partial charge in [-0.05, 0) is 36.3 Å². The number of amides is 1. The standard InChI is InChI=1S/C12H15NO2S/c14-12(13-8-6-15-7-8)10-2-1-3-11-9(10)4-5-16-11/h4-5,8,10H,1-3,6-7H2,(H,13,14). The van der Waals surface area contributed by atoms with E-state index in [2.05, 4.69) is 16.8 Å². The van der Waals surface area contributed by atoms with Crippen molar-refractivity contribution in [3.8, 4) is 0 Å². The summed E-state index contributed by atoms with van der Waals surface area (Å²) in [5, 5.41) is 5.16. The molecule has 1 aromatic heterocycles. The minimum atomic E-state index is 0.0793. The third kappa shape index (κ3) is 1.76. The van der Waals surface area contributed by atoms with E-state index in [0.29, 0.717) is 13.2 Å². The van der Waals surface area contributed by atoms with Crippen LogP contribution in [0.15, 0.2) is 11.4 Å². The van der Waals surface area contributed by atoms with Gasteiger partial charge in [-0.3, -0.25) is 4.79 Å². The molecular formula is C12H15NO2S. The quantitative estimate of drug-likeness (QED) is 0.850. The van der Waals surface area contributed by atoms with Gasteiger partial charge >= 0.3 is 0 Å². The van der Waals surface area contributed by atoms with Crippen LogP contribution in [-0.4, -0.2) is 25.2 Å². The second kappa shape index (κ2) is 4.18. The number of fused-ring (bicyclic) bond motifs is 1. The number of aryl methyl sites for hydroxylation is 1. The van der Waals surface area contributed by atoms with E-state index in [1.807, 2.05) is 0 Å². The molecule has 2 aliphatic rings. The van der Waals surface area contributed by atoms with Gasteiger partial charge < -0.3 is 10.1 Å². The fourth-order valence-corrected chi connectivity index (χ4v) is 3.37. The maximum atomic E-state index is 12.1. The van der Waals surface area contributed by atoms with Crippen molar-refractivity contribution in [1.29, 1.82) is 0 Å². The van der Waals surface area contributed by atoms with Crippen LogP contribution < -0.4 is 5.32 Å². The van der Waals surface area contributed by atoms with Crippen LogP contribution in [0.2, 0.25) is 0 Å². The molecular weight excluding hydrogens is 222 g/mol. The van der Waals surface area contributed by atoms with Crippen molar-refractivity contribution < 1.29 is 9.53 Å². The second-order valence-corrected chi connectivity index (χ2v) is 5.49. The first-order valence-electron chi connectivity index (χ1n) is 5.79. The second-order valence-electron chi connectivity index (χ2n) is 4.49. The lowest BCUT2D eigenvalue weighted by atomic mass is 9.87. The van der Waals surface area contributed by atoms with E-state index in [1.54, 1.807) is 11.3 Å². The molecule has 4 heteroatoms. The van der Waals surface area contributed by atoms with Crippen LogP contribution in [-0.2, 0) is 16.0 Å². The molecule has 1 aliphatic carbocycles. The molecule has 3 nitrogen and oxygen atoms in total. The first-order valence-corrected chi connectivity index (χ1v) is 6.67. The van der Waals surface area contributed by atoms with Gasteiger partial charge in [0, 0.05) is 4.88 Å². The summed E-state index contributed by atoms with van der Waals surface area (Å²) in [7, 11) is 0. The highest BCUT2D eigenvalue weighted by Crippen LogP contribution is 2.35. The topological polar surface area (TPSA) is 38.3 Å². The average molecular weight is 237 g/mol. The lowest BCUT2D eigenvalue weighted by Gasteiger charge is -2.30. The number of carbonyl (C=O) groups is 1. The molecule has 1 atom stereocenters. The molecule has 0 spiro atoms. The van der Waals surface area contributed by atoms with Crippen LogP contribution in [0.5, 0.6) is 0 Å². The molecule has 0 radical (unpaired) electrons. The fourth-order valence-electron chi connectivity index (χ4n) is 2.38. The number of carbonyl (C=O) groups excluding carboxylic acids is 1. The van der Waals surface area contributed by atoms with Crippen LogP contribution in [0.25, 0.3) is 0 Å². The summed E-state index contributed by atoms with van der Waals surface area (Å²) in [6.07, 6.45) is 3.26.